The van der Waals surface area contributed by atoms with Crippen molar-refractivity contribution in [1.29, 1.82) is 5.41 Å². The molecule has 3 heteroatoms. The van der Waals surface area contributed by atoms with Gasteiger partial charge in [-0.05, 0) is 51.2 Å². The molecule has 82 valence electrons. The molecule has 0 atom stereocenters. The van der Waals surface area contributed by atoms with Crippen molar-refractivity contribution in [1.82, 2.24) is 4.90 Å². The highest BCUT2D eigenvalue weighted by Gasteiger charge is 2.14. The Labute approximate surface area is 87.2 Å². The van der Waals surface area contributed by atoms with E-state index >= 15 is 0 Å². The van der Waals surface area contributed by atoms with Crippen LogP contribution in [0.1, 0.15) is 39.0 Å². The summed E-state index contributed by atoms with van der Waals surface area (Å²) in [5.74, 6) is 1.25. The largest absolute Gasteiger partial charge is 0.388 e. The average molecular weight is 197 g/mol. The SMILES string of the molecule is CC1CCN(CCCCC(=N)N)CC1. The number of nitrogens with zero attached hydrogens (tertiary/aromatic N) is 1. The van der Waals surface area contributed by atoms with E-state index in [2.05, 4.69) is 11.8 Å². The van der Waals surface area contributed by atoms with Crippen LogP contribution in [0.2, 0.25) is 0 Å². The van der Waals surface area contributed by atoms with E-state index in [1.165, 1.54) is 38.9 Å². The smallest absolute Gasteiger partial charge is 0.0905 e. The lowest BCUT2D eigenvalue weighted by atomic mass is 9.99. The van der Waals surface area contributed by atoms with Gasteiger partial charge in [0.1, 0.15) is 0 Å². The highest BCUT2D eigenvalue weighted by molar-refractivity contribution is 5.76. The zero-order chi connectivity index (χ0) is 10.4. The predicted molar refractivity (Wildman–Crippen MR) is 60.6 cm³/mol. The van der Waals surface area contributed by atoms with E-state index in [1.54, 1.807) is 0 Å². The van der Waals surface area contributed by atoms with Gasteiger partial charge in [0.25, 0.3) is 0 Å². The van der Waals surface area contributed by atoms with Gasteiger partial charge in [-0.2, -0.15) is 0 Å². The summed E-state index contributed by atoms with van der Waals surface area (Å²) in [6.07, 6.45) is 5.74. The topological polar surface area (TPSA) is 53.1 Å². The minimum absolute atomic E-state index is 0.331. The van der Waals surface area contributed by atoms with Crippen molar-refractivity contribution >= 4 is 5.84 Å². The van der Waals surface area contributed by atoms with Gasteiger partial charge in [0, 0.05) is 6.42 Å². The minimum Gasteiger partial charge on any atom is -0.388 e. The molecule has 1 fully saturated rings. The molecular weight excluding hydrogens is 174 g/mol. The first-order chi connectivity index (χ1) is 6.68. The third-order valence-corrected chi connectivity index (χ3v) is 3.05. The second-order valence-corrected chi connectivity index (χ2v) is 4.51. The summed E-state index contributed by atoms with van der Waals surface area (Å²) in [5, 5.41) is 7.11. The van der Waals surface area contributed by atoms with Crippen LogP contribution in [0.15, 0.2) is 0 Å². The maximum atomic E-state index is 7.11. The Morgan fingerprint density at radius 1 is 1.36 bits per heavy atom. The highest BCUT2D eigenvalue weighted by Crippen LogP contribution is 2.16. The zero-order valence-corrected chi connectivity index (χ0v) is 9.26. The normalized spacial score (nSPS) is 19.8. The van der Waals surface area contributed by atoms with Crippen molar-refractivity contribution < 1.29 is 0 Å². The number of unbranched alkanes of at least 4 members (excludes halogenated alkanes) is 1. The van der Waals surface area contributed by atoms with Crippen LogP contribution in [0.5, 0.6) is 0 Å². The number of likely N-dealkylation sites (tertiary alicyclic amines) is 1. The summed E-state index contributed by atoms with van der Waals surface area (Å²) >= 11 is 0. The van der Waals surface area contributed by atoms with Crippen LogP contribution in [0, 0.1) is 11.3 Å². The van der Waals surface area contributed by atoms with Crippen LogP contribution in [0.3, 0.4) is 0 Å². The second kappa shape index (κ2) is 6.02. The Morgan fingerprint density at radius 3 is 2.57 bits per heavy atom. The molecule has 0 aromatic heterocycles. The number of rotatable bonds is 5. The molecule has 3 nitrogen and oxygen atoms in total. The monoisotopic (exact) mass is 197 g/mol. The van der Waals surface area contributed by atoms with Gasteiger partial charge in [0.2, 0.25) is 0 Å². The molecule has 0 aromatic carbocycles. The molecule has 0 aliphatic carbocycles. The van der Waals surface area contributed by atoms with Crippen molar-refractivity contribution in [2.24, 2.45) is 11.7 Å². The average Bonchev–Trinajstić information content (AvgIpc) is 2.15. The standard InChI is InChI=1S/C11H23N3/c1-10-5-8-14(9-6-10)7-3-2-4-11(12)13/h10H,2-9H2,1H3,(H3,12,13). The number of nitrogens with two attached hydrogens (primary N) is 1. The summed E-state index contributed by atoms with van der Waals surface area (Å²) < 4.78 is 0. The van der Waals surface area contributed by atoms with Gasteiger partial charge in [-0.25, -0.2) is 0 Å². The molecule has 0 unspecified atom stereocenters. The lowest BCUT2D eigenvalue weighted by molar-refractivity contribution is 0.190. The summed E-state index contributed by atoms with van der Waals surface area (Å²) in [4.78, 5) is 2.54. The first kappa shape index (κ1) is 11.5. The summed E-state index contributed by atoms with van der Waals surface area (Å²) in [5.41, 5.74) is 5.30. The molecule has 0 bridgehead atoms. The molecular formula is C11H23N3. The van der Waals surface area contributed by atoms with Crippen LogP contribution in [0.4, 0.5) is 0 Å². The molecule has 0 radical (unpaired) electrons. The zero-order valence-electron chi connectivity index (χ0n) is 9.26. The van der Waals surface area contributed by atoms with E-state index in [9.17, 15) is 0 Å². The van der Waals surface area contributed by atoms with E-state index in [0.717, 1.165) is 18.8 Å². The van der Waals surface area contributed by atoms with E-state index < -0.39 is 0 Å². The second-order valence-electron chi connectivity index (χ2n) is 4.51. The van der Waals surface area contributed by atoms with E-state index in [0.29, 0.717) is 5.84 Å². The Balaban J connectivity index is 1.99. The van der Waals surface area contributed by atoms with Gasteiger partial charge in [-0.1, -0.05) is 6.92 Å². The molecule has 1 aliphatic rings. The van der Waals surface area contributed by atoms with E-state index in [1.807, 2.05) is 0 Å². The number of hydrogen-bond acceptors (Lipinski definition) is 2. The fourth-order valence-electron chi connectivity index (χ4n) is 1.94. The third-order valence-electron chi connectivity index (χ3n) is 3.05. The first-order valence-electron chi connectivity index (χ1n) is 5.73. The van der Waals surface area contributed by atoms with Gasteiger partial charge in [0.05, 0.1) is 5.84 Å². The Bertz CT molecular complexity index is 171. The molecule has 0 aromatic rings. The molecule has 1 aliphatic heterocycles. The summed E-state index contributed by atoms with van der Waals surface area (Å²) in [7, 11) is 0. The van der Waals surface area contributed by atoms with Crippen LogP contribution in [0.25, 0.3) is 0 Å². The molecule has 1 saturated heterocycles. The summed E-state index contributed by atoms with van der Waals surface area (Å²) in [6.45, 7) is 6.07. The molecule has 1 rings (SSSR count). The van der Waals surface area contributed by atoms with Gasteiger partial charge < -0.3 is 10.6 Å². The molecule has 3 N–H and O–H groups in total. The minimum atomic E-state index is 0.331. The van der Waals surface area contributed by atoms with Crippen molar-refractivity contribution in [2.75, 3.05) is 19.6 Å². The summed E-state index contributed by atoms with van der Waals surface area (Å²) in [6, 6.07) is 0. The number of nitrogens with one attached hydrogen (secondary N) is 1. The maximum Gasteiger partial charge on any atom is 0.0905 e. The number of piperidine rings is 1. The molecule has 1 heterocycles. The maximum absolute atomic E-state index is 7.11. The number of amidine groups is 1. The predicted octanol–water partition coefficient (Wildman–Crippen LogP) is 1.82. The van der Waals surface area contributed by atoms with Crippen molar-refractivity contribution in [3.63, 3.8) is 0 Å². The lowest BCUT2D eigenvalue weighted by Crippen LogP contribution is -2.33. The van der Waals surface area contributed by atoms with Crippen molar-refractivity contribution in [2.45, 2.75) is 39.0 Å². The van der Waals surface area contributed by atoms with Gasteiger partial charge in [-0.15, -0.1) is 0 Å². The Hall–Kier alpha value is -0.570. The van der Waals surface area contributed by atoms with Crippen LogP contribution >= 0.6 is 0 Å². The van der Waals surface area contributed by atoms with Crippen molar-refractivity contribution in [3.05, 3.63) is 0 Å². The van der Waals surface area contributed by atoms with Gasteiger partial charge in [0.15, 0.2) is 0 Å². The van der Waals surface area contributed by atoms with Crippen LogP contribution < -0.4 is 5.73 Å². The highest BCUT2D eigenvalue weighted by atomic mass is 15.1. The Kier molecular flexibility index (Phi) is 4.94. The fourth-order valence-corrected chi connectivity index (χ4v) is 1.94. The quantitative estimate of drug-likeness (QED) is 0.401. The fraction of sp³-hybridized carbons (Fsp3) is 0.909. The molecule has 14 heavy (non-hydrogen) atoms. The lowest BCUT2D eigenvalue weighted by Gasteiger charge is -2.30. The number of hydrogen-bond donors (Lipinski definition) is 2. The molecule has 0 amide bonds. The first-order valence-corrected chi connectivity index (χ1v) is 5.73. The third kappa shape index (κ3) is 4.61. The van der Waals surface area contributed by atoms with E-state index in [4.69, 9.17) is 11.1 Å². The molecule has 0 saturated carbocycles. The van der Waals surface area contributed by atoms with Gasteiger partial charge in [-0.3, -0.25) is 5.41 Å². The van der Waals surface area contributed by atoms with Gasteiger partial charge >= 0.3 is 0 Å². The van der Waals surface area contributed by atoms with Crippen LogP contribution in [-0.2, 0) is 0 Å². The molecule has 0 spiro atoms. The van der Waals surface area contributed by atoms with Crippen molar-refractivity contribution in [3.8, 4) is 0 Å². The Morgan fingerprint density at radius 2 is 2.00 bits per heavy atom. The van der Waals surface area contributed by atoms with E-state index in [-0.39, 0.29) is 0 Å². The van der Waals surface area contributed by atoms with Crippen LogP contribution in [-0.4, -0.2) is 30.4 Å².